The maximum Gasteiger partial charge on any atom is 0.391 e. The SMILES string of the molecule is O=c1cc(CCO)nc([C@H]2CC[C@@H](C(F)(F)F)CC2)n1-c1ccc(Cl)cc1. The fraction of sp³-hybridized carbons (Fsp3) is 0.474. The fourth-order valence-electron chi connectivity index (χ4n) is 3.59. The Hall–Kier alpha value is -1.86. The standard InChI is InChI=1S/C19H20ClF3N2O2/c20-14-5-7-16(8-6-14)25-17(27)11-15(9-10-26)24-18(25)12-1-3-13(4-2-12)19(21,22)23/h5-8,11-13,26H,1-4,9-10H2/t12-,13+. The molecule has 0 atom stereocenters. The molecule has 27 heavy (non-hydrogen) atoms. The van der Waals surface area contributed by atoms with Crippen molar-refractivity contribution in [2.24, 2.45) is 5.92 Å². The van der Waals surface area contributed by atoms with Gasteiger partial charge >= 0.3 is 6.18 Å². The zero-order valence-electron chi connectivity index (χ0n) is 14.5. The first-order valence-corrected chi connectivity index (χ1v) is 9.23. The predicted molar refractivity (Wildman–Crippen MR) is 96.4 cm³/mol. The Balaban J connectivity index is 1.99. The lowest BCUT2D eigenvalue weighted by Crippen LogP contribution is -2.31. The summed E-state index contributed by atoms with van der Waals surface area (Å²) in [5.74, 6) is -1.09. The van der Waals surface area contributed by atoms with Gasteiger partial charge in [-0.2, -0.15) is 13.2 Å². The maximum absolute atomic E-state index is 13.0. The topological polar surface area (TPSA) is 55.1 Å². The quantitative estimate of drug-likeness (QED) is 0.834. The summed E-state index contributed by atoms with van der Waals surface area (Å²) in [6.45, 7) is -0.155. The molecule has 1 N–H and O–H groups in total. The molecule has 1 heterocycles. The maximum atomic E-state index is 13.0. The Morgan fingerprint density at radius 3 is 2.33 bits per heavy atom. The summed E-state index contributed by atoms with van der Waals surface area (Å²) >= 11 is 5.92. The molecule has 2 aromatic rings. The minimum Gasteiger partial charge on any atom is -0.396 e. The summed E-state index contributed by atoms with van der Waals surface area (Å²) in [4.78, 5) is 17.2. The van der Waals surface area contributed by atoms with E-state index in [1.165, 1.54) is 10.6 Å². The zero-order valence-corrected chi connectivity index (χ0v) is 15.3. The van der Waals surface area contributed by atoms with Gasteiger partial charge in [0.15, 0.2) is 0 Å². The van der Waals surface area contributed by atoms with Crippen LogP contribution in [0.4, 0.5) is 13.2 Å². The van der Waals surface area contributed by atoms with Crippen molar-refractivity contribution in [1.82, 2.24) is 9.55 Å². The van der Waals surface area contributed by atoms with E-state index in [1.54, 1.807) is 24.3 Å². The van der Waals surface area contributed by atoms with Crippen molar-refractivity contribution >= 4 is 11.6 Å². The molecule has 0 radical (unpaired) electrons. The highest BCUT2D eigenvalue weighted by Crippen LogP contribution is 2.42. The van der Waals surface area contributed by atoms with E-state index in [2.05, 4.69) is 4.98 Å². The van der Waals surface area contributed by atoms with E-state index in [0.717, 1.165) is 0 Å². The molecule has 146 valence electrons. The van der Waals surface area contributed by atoms with Crippen LogP contribution >= 0.6 is 11.6 Å². The highest BCUT2D eigenvalue weighted by molar-refractivity contribution is 6.30. The van der Waals surface area contributed by atoms with E-state index >= 15 is 0 Å². The summed E-state index contributed by atoms with van der Waals surface area (Å²) in [6.07, 6.45) is -3.29. The minimum atomic E-state index is -4.19. The third kappa shape index (κ3) is 4.52. The smallest absolute Gasteiger partial charge is 0.391 e. The van der Waals surface area contributed by atoms with Gasteiger partial charge in [-0.25, -0.2) is 4.98 Å². The number of benzene rings is 1. The molecule has 1 aromatic carbocycles. The number of aliphatic hydroxyl groups is 1. The molecule has 0 amide bonds. The van der Waals surface area contributed by atoms with E-state index in [1.807, 2.05) is 0 Å². The molecule has 1 saturated carbocycles. The zero-order chi connectivity index (χ0) is 19.6. The molecule has 4 nitrogen and oxygen atoms in total. The Kier molecular flexibility index (Phi) is 5.91. The van der Waals surface area contributed by atoms with Crippen LogP contribution < -0.4 is 5.56 Å². The average molecular weight is 401 g/mol. The normalized spacial score (nSPS) is 20.6. The molecular weight excluding hydrogens is 381 g/mol. The second-order valence-corrected chi connectivity index (χ2v) is 7.26. The van der Waals surface area contributed by atoms with Gasteiger partial charge in [0.1, 0.15) is 5.82 Å². The van der Waals surface area contributed by atoms with Gasteiger partial charge < -0.3 is 5.11 Å². The van der Waals surface area contributed by atoms with Crippen LogP contribution in [-0.4, -0.2) is 27.4 Å². The van der Waals surface area contributed by atoms with Gasteiger partial charge in [0.2, 0.25) is 0 Å². The van der Waals surface area contributed by atoms with Crippen LogP contribution in [0.2, 0.25) is 5.02 Å². The molecular formula is C19H20ClF3N2O2. The first-order valence-electron chi connectivity index (χ1n) is 8.86. The average Bonchev–Trinajstić information content (AvgIpc) is 2.62. The number of aliphatic hydroxyl groups excluding tert-OH is 1. The van der Waals surface area contributed by atoms with Crippen LogP contribution in [0.25, 0.3) is 5.69 Å². The van der Waals surface area contributed by atoms with Crippen LogP contribution in [0.1, 0.15) is 43.1 Å². The first kappa shape index (κ1) is 19.9. The lowest BCUT2D eigenvalue weighted by atomic mass is 9.81. The van der Waals surface area contributed by atoms with Crippen LogP contribution in [0.5, 0.6) is 0 Å². The summed E-state index contributed by atoms with van der Waals surface area (Å²) in [5, 5.41) is 9.68. The van der Waals surface area contributed by atoms with Gasteiger partial charge in [0, 0.05) is 30.0 Å². The number of hydrogen-bond donors (Lipinski definition) is 1. The van der Waals surface area contributed by atoms with Crippen LogP contribution in [-0.2, 0) is 6.42 Å². The van der Waals surface area contributed by atoms with Gasteiger partial charge in [-0.3, -0.25) is 9.36 Å². The number of halogens is 4. The van der Waals surface area contributed by atoms with E-state index in [4.69, 9.17) is 16.7 Å². The van der Waals surface area contributed by atoms with E-state index in [0.29, 0.717) is 35.1 Å². The second-order valence-electron chi connectivity index (χ2n) is 6.82. The number of aromatic nitrogens is 2. The summed E-state index contributed by atoms with van der Waals surface area (Å²) in [5.41, 5.74) is 0.699. The molecule has 0 saturated heterocycles. The molecule has 1 aliphatic carbocycles. The van der Waals surface area contributed by atoms with Crippen LogP contribution in [0.3, 0.4) is 0 Å². The molecule has 0 aliphatic heterocycles. The Labute approximate surface area is 159 Å². The summed E-state index contributed by atoms with van der Waals surface area (Å²) < 4.78 is 40.4. The van der Waals surface area contributed by atoms with Gasteiger partial charge in [0.25, 0.3) is 5.56 Å². The minimum absolute atomic E-state index is 0.0227. The van der Waals surface area contributed by atoms with Crippen molar-refractivity contribution in [3.05, 3.63) is 57.2 Å². The fourth-order valence-corrected chi connectivity index (χ4v) is 3.72. The molecule has 8 heteroatoms. The van der Waals surface area contributed by atoms with Crippen molar-refractivity contribution in [2.75, 3.05) is 6.61 Å². The Bertz CT molecular complexity index is 842. The molecule has 1 aromatic heterocycles. The predicted octanol–water partition coefficient (Wildman–Crippen LogP) is 4.26. The molecule has 0 spiro atoms. The number of hydrogen-bond acceptors (Lipinski definition) is 3. The summed E-state index contributed by atoms with van der Waals surface area (Å²) in [6, 6.07) is 8.02. The molecule has 0 bridgehead atoms. The lowest BCUT2D eigenvalue weighted by molar-refractivity contribution is -0.182. The number of rotatable bonds is 4. The molecule has 1 aliphatic rings. The number of nitrogens with zero attached hydrogens (tertiary/aromatic N) is 2. The van der Waals surface area contributed by atoms with E-state index in [9.17, 15) is 18.0 Å². The Morgan fingerprint density at radius 2 is 1.78 bits per heavy atom. The van der Waals surface area contributed by atoms with Crippen LogP contribution in [0.15, 0.2) is 35.1 Å². The third-order valence-electron chi connectivity index (χ3n) is 5.01. The largest absolute Gasteiger partial charge is 0.396 e. The van der Waals surface area contributed by atoms with Crippen molar-refractivity contribution < 1.29 is 18.3 Å². The first-order chi connectivity index (χ1) is 12.8. The molecule has 1 fully saturated rings. The highest BCUT2D eigenvalue weighted by atomic mass is 35.5. The van der Waals surface area contributed by atoms with Crippen LogP contribution in [0, 0.1) is 5.92 Å². The van der Waals surface area contributed by atoms with Gasteiger partial charge in [0.05, 0.1) is 17.3 Å². The van der Waals surface area contributed by atoms with Gasteiger partial charge in [-0.1, -0.05) is 11.6 Å². The Morgan fingerprint density at radius 1 is 1.15 bits per heavy atom. The summed E-state index contributed by atoms with van der Waals surface area (Å²) in [7, 11) is 0. The monoisotopic (exact) mass is 400 g/mol. The van der Waals surface area contributed by atoms with Crippen molar-refractivity contribution in [2.45, 2.75) is 44.2 Å². The number of alkyl halides is 3. The lowest BCUT2D eigenvalue weighted by Gasteiger charge is -2.30. The second kappa shape index (κ2) is 8.02. The molecule has 3 rings (SSSR count). The van der Waals surface area contributed by atoms with Crippen molar-refractivity contribution in [3.63, 3.8) is 0 Å². The van der Waals surface area contributed by atoms with Gasteiger partial charge in [-0.05, 0) is 49.9 Å². The van der Waals surface area contributed by atoms with Gasteiger partial charge in [-0.15, -0.1) is 0 Å². The van der Waals surface area contributed by atoms with Crippen molar-refractivity contribution in [1.29, 1.82) is 0 Å². The van der Waals surface area contributed by atoms with Crippen molar-refractivity contribution in [3.8, 4) is 5.69 Å². The molecule has 0 unspecified atom stereocenters. The van der Waals surface area contributed by atoms with E-state index < -0.39 is 12.1 Å². The highest BCUT2D eigenvalue weighted by Gasteiger charge is 2.42. The third-order valence-corrected chi connectivity index (χ3v) is 5.26. The van der Waals surface area contributed by atoms with E-state index in [-0.39, 0.29) is 37.3 Å².